The molecule has 1 aromatic carbocycles. The van der Waals surface area contributed by atoms with Crippen molar-refractivity contribution in [1.29, 1.82) is 0 Å². The topological polar surface area (TPSA) is 154 Å². The molecular formula is C25H35N3O7. The van der Waals surface area contributed by atoms with Crippen molar-refractivity contribution in [3.05, 3.63) is 29.8 Å². The Morgan fingerprint density at radius 1 is 1.03 bits per heavy atom. The van der Waals surface area contributed by atoms with Crippen molar-refractivity contribution in [2.75, 3.05) is 5.32 Å². The third kappa shape index (κ3) is 4.41. The first kappa shape index (κ1) is 26.3. The lowest BCUT2D eigenvalue weighted by Gasteiger charge is -2.48. The Balaban J connectivity index is 2.01. The third-order valence-electron chi connectivity index (χ3n) is 7.52. The quantitative estimate of drug-likeness (QED) is 0.392. The average Bonchev–Trinajstić information content (AvgIpc) is 3.44. The van der Waals surface area contributed by atoms with E-state index in [0.29, 0.717) is 5.69 Å². The van der Waals surface area contributed by atoms with Crippen molar-refractivity contribution in [3.8, 4) is 0 Å². The number of aliphatic carboxylic acids is 2. The summed E-state index contributed by atoms with van der Waals surface area (Å²) in [6, 6.07) is 5.78. The predicted molar refractivity (Wildman–Crippen MR) is 128 cm³/mol. The molecule has 2 aliphatic carbocycles. The highest BCUT2D eigenvalue weighted by atomic mass is 16.6. The normalized spacial score (nSPS) is 28.4. The zero-order valence-electron chi connectivity index (χ0n) is 21.0. The molecule has 3 amide bonds. The molecule has 192 valence electrons. The largest absolute Gasteiger partial charge is 0.481 e. The monoisotopic (exact) mass is 489 g/mol. The van der Waals surface area contributed by atoms with Gasteiger partial charge in [0, 0.05) is 23.1 Å². The molecular weight excluding hydrogens is 454 g/mol. The van der Waals surface area contributed by atoms with E-state index in [1.165, 1.54) is 0 Å². The summed E-state index contributed by atoms with van der Waals surface area (Å²) in [6.45, 7) is 10.4. The molecule has 2 fully saturated rings. The van der Waals surface area contributed by atoms with Crippen LogP contribution in [0.1, 0.15) is 53.0 Å². The van der Waals surface area contributed by atoms with Crippen molar-refractivity contribution in [2.45, 2.75) is 71.6 Å². The van der Waals surface area contributed by atoms with E-state index in [-0.39, 0.29) is 12.8 Å². The molecule has 5 unspecified atom stereocenters. The summed E-state index contributed by atoms with van der Waals surface area (Å²) < 4.78 is 5.36. The number of carbonyl (C=O) groups excluding carboxylic acids is 2. The lowest BCUT2D eigenvalue weighted by atomic mass is 9.62. The van der Waals surface area contributed by atoms with Crippen LogP contribution in [0, 0.1) is 30.1 Å². The fraction of sp³-hybridized carbons (Fsp3) is 0.600. The van der Waals surface area contributed by atoms with Crippen LogP contribution in [0.4, 0.5) is 15.3 Å². The first-order valence-electron chi connectivity index (χ1n) is 11.9. The van der Waals surface area contributed by atoms with E-state index >= 15 is 0 Å². The lowest BCUT2D eigenvalue weighted by Crippen LogP contribution is -2.69. The summed E-state index contributed by atoms with van der Waals surface area (Å²) in [7, 11) is 0. The van der Waals surface area contributed by atoms with Gasteiger partial charge in [-0.05, 0) is 58.6 Å². The fourth-order valence-electron chi connectivity index (χ4n) is 6.08. The highest BCUT2D eigenvalue weighted by Crippen LogP contribution is 2.71. The van der Waals surface area contributed by atoms with Gasteiger partial charge in [-0.15, -0.1) is 0 Å². The minimum absolute atomic E-state index is 0.278. The molecule has 0 saturated heterocycles. The van der Waals surface area contributed by atoms with E-state index < -0.39 is 64.4 Å². The lowest BCUT2D eigenvalue weighted by molar-refractivity contribution is -0.155. The molecule has 0 radical (unpaired) electrons. The van der Waals surface area contributed by atoms with E-state index in [2.05, 4.69) is 16.0 Å². The van der Waals surface area contributed by atoms with E-state index in [9.17, 15) is 29.4 Å². The van der Waals surface area contributed by atoms with Gasteiger partial charge in [0.25, 0.3) is 0 Å². The van der Waals surface area contributed by atoms with E-state index in [0.717, 1.165) is 5.56 Å². The smallest absolute Gasteiger partial charge is 0.408 e. The Morgan fingerprint density at radius 3 is 2.06 bits per heavy atom. The first-order valence-corrected chi connectivity index (χ1v) is 11.9. The number of ether oxygens (including phenoxy) is 1. The second kappa shape index (κ2) is 9.05. The Kier molecular flexibility index (Phi) is 6.80. The van der Waals surface area contributed by atoms with Gasteiger partial charge >= 0.3 is 24.1 Å². The van der Waals surface area contributed by atoms with Gasteiger partial charge in [-0.25, -0.2) is 14.4 Å². The summed E-state index contributed by atoms with van der Waals surface area (Å²) >= 11 is 0. The van der Waals surface area contributed by atoms with Gasteiger partial charge in [-0.2, -0.15) is 0 Å². The summed E-state index contributed by atoms with van der Waals surface area (Å²) in [6.07, 6.45) is -0.383. The van der Waals surface area contributed by atoms with Crippen molar-refractivity contribution in [1.82, 2.24) is 10.6 Å². The van der Waals surface area contributed by atoms with Gasteiger partial charge in [0.05, 0.1) is 5.92 Å². The molecule has 5 N–H and O–H groups in total. The summed E-state index contributed by atoms with van der Waals surface area (Å²) in [5, 5.41) is 28.6. The number of alkyl carbamates (subject to hydrolysis) is 1. The Labute approximate surface area is 204 Å². The van der Waals surface area contributed by atoms with Crippen molar-refractivity contribution in [3.63, 3.8) is 0 Å². The molecule has 10 nitrogen and oxygen atoms in total. The van der Waals surface area contributed by atoms with Crippen molar-refractivity contribution in [2.24, 2.45) is 23.2 Å². The SMILES string of the molecule is CCC1(CC)C(NC(=O)Nc2ccc(C)cc2)C2C(C(=O)O)C2C1(NC(=O)OC(C)(C)C)C(=O)O. The van der Waals surface area contributed by atoms with Crippen LogP contribution < -0.4 is 16.0 Å². The maximum atomic E-state index is 13.0. The molecule has 5 atom stereocenters. The number of amides is 3. The van der Waals surface area contributed by atoms with Crippen LogP contribution in [0.15, 0.2) is 24.3 Å². The van der Waals surface area contributed by atoms with Crippen LogP contribution in [0.25, 0.3) is 0 Å². The highest BCUT2D eigenvalue weighted by Gasteiger charge is 2.84. The number of fused-ring (bicyclic) bond motifs is 1. The number of carboxylic acids is 2. The second-order valence-electron chi connectivity index (χ2n) is 10.5. The second-order valence-corrected chi connectivity index (χ2v) is 10.5. The Bertz CT molecular complexity index is 1010. The highest BCUT2D eigenvalue weighted by molar-refractivity contribution is 5.93. The zero-order valence-corrected chi connectivity index (χ0v) is 21.0. The molecule has 0 bridgehead atoms. The van der Waals surface area contributed by atoms with Crippen LogP contribution in [0.5, 0.6) is 0 Å². The average molecular weight is 490 g/mol. The van der Waals surface area contributed by atoms with Crippen LogP contribution in [-0.2, 0) is 14.3 Å². The number of nitrogens with one attached hydrogen (secondary N) is 3. The van der Waals surface area contributed by atoms with Crippen molar-refractivity contribution >= 4 is 29.8 Å². The van der Waals surface area contributed by atoms with Gasteiger partial charge in [0.2, 0.25) is 0 Å². The molecule has 0 aromatic heterocycles. The number of benzene rings is 1. The molecule has 35 heavy (non-hydrogen) atoms. The van der Waals surface area contributed by atoms with E-state index in [1.54, 1.807) is 46.8 Å². The van der Waals surface area contributed by atoms with Gasteiger partial charge in [0.15, 0.2) is 5.54 Å². The third-order valence-corrected chi connectivity index (χ3v) is 7.52. The Hall–Kier alpha value is -3.30. The molecule has 3 rings (SSSR count). The van der Waals surface area contributed by atoms with E-state index in [4.69, 9.17) is 4.74 Å². The number of rotatable bonds is 7. The molecule has 2 saturated carbocycles. The van der Waals surface area contributed by atoms with Crippen LogP contribution in [0.3, 0.4) is 0 Å². The predicted octanol–water partition coefficient (Wildman–Crippen LogP) is 3.60. The maximum absolute atomic E-state index is 13.0. The summed E-state index contributed by atoms with van der Waals surface area (Å²) in [5.41, 5.74) is -2.41. The first-order chi connectivity index (χ1) is 16.2. The molecule has 0 heterocycles. The van der Waals surface area contributed by atoms with Gasteiger partial charge in [-0.1, -0.05) is 31.5 Å². The molecule has 1 aromatic rings. The summed E-state index contributed by atoms with van der Waals surface area (Å²) in [4.78, 5) is 50.8. The number of anilines is 1. The van der Waals surface area contributed by atoms with Gasteiger partial charge in [0.1, 0.15) is 5.60 Å². The standard InChI is InChI=1S/C25H35N3O7/c1-7-24(8-2)18(27-21(33)26-14-11-9-13(3)10-12-14)15-16(19(29)30)17(15)25(24,20(31)32)28-22(34)35-23(4,5)6/h9-12,15-18H,7-8H2,1-6H3,(H,28,34)(H,29,30)(H,31,32)(H2,26,27,33). The van der Waals surface area contributed by atoms with Crippen LogP contribution in [0.2, 0.25) is 0 Å². The summed E-state index contributed by atoms with van der Waals surface area (Å²) in [5.74, 6) is -5.11. The number of aryl methyl sites for hydroxylation is 1. The van der Waals surface area contributed by atoms with Crippen LogP contribution >= 0.6 is 0 Å². The van der Waals surface area contributed by atoms with E-state index in [1.807, 2.05) is 19.1 Å². The number of urea groups is 1. The molecule has 0 aliphatic heterocycles. The minimum atomic E-state index is -1.94. The minimum Gasteiger partial charge on any atom is -0.481 e. The number of carbonyl (C=O) groups is 4. The molecule has 10 heteroatoms. The maximum Gasteiger partial charge on any atom is 0.408 e. The van der Waals surface area contributed by atoms with Crippen molar-refractivity contribution < 1.29 is 34.1 Å². The number of hydrogen-bond donors (Lipinski definition) is 5. The zero-order chi connectivity index (χ0) is 26.3. The number of hydrogen-bond acceptors (Lipinski definition) is 5. The number of carboxylic acid groups (broad SMARTS) is 2. The van der Waals surface area contributed by atoms with Crippen LogP contribution in [-0.4, -0.2) is 51.5 Å². The Morgan fingerprint density at radius 2 is 1.60 bits per heavy atom. The molecule has 0 spiro atoms. The fourth-order valence-corrected chi connectivity index (χ4v) is 6.08. The molecule has 2 aliphatic rings. The van der Waals surface area contributed by atoms with Gasteiger partial charge < -0.3 is 30.9 Å². The van der Waals surface area contributed by atoms with Gasteiger partial charge in [-0.3, -0.25) is 4.79 Å².